The first kappa shape index (κ1) is 29.9. The molecular weight excluding hydrogens is 511 g/mol. The van der Waals surface area contributed by atoms with Crippen molar-refractivity contribution >= 4 is 27.5 Å². The maximum Gasteiger partial charge on any atom is 0.416 e. The van der Waals surface area contributed by atoms with E-state index < -0.39 is 33.7 Å². The van der Waals surface area contributed by atoms with Gasteiger partial charge >= 0.3 is 6.18 Å². The zero-order valence-electron chi connectivity index (χ0n) is 21.2. The Balaban J connectivity index is 2.22. The number of rotatable bonds is 12. The van der Waals surface area contributed by atoms with Crippen LogP contribution in [0.1, 0.15) is 37.8 Å². The molecule has 2 amide bonds. The Morgan fingerprint density at radius 3 is 2.38 bits per heavy atom. The van der Waals surface area contributed by atoms with Crippen LogP contribution in [0.2, 0.25) is 0 Å². The summed E-state index contributed by atoms with van der Waals surface area (Å²) in [5.41, 5.74) is -0.394. The maximum atomic E-state index is 13.2. The average molecular weight is 544 g/mol. The lowest BCUT2D eigenvalue weighted by Crippen LogP contribution is -2.47. The molecular formula is C25H32F3N3O5S. The van der Waals surface area contributed by atoms with E-state index in [4.69, 9.17) is 4.74 Å². The highest BCUT2D eigenvalue weighted by Crippen LogP contribution is 2.32. The normalized spacial score (nSPS) is 12.5. The highest BCUT2D eigenvalue weighted by Gasteiger charge is 2.32. The Labute approximate surface area is 215 Å². The molecule has 0 aliphatic rings. The maximum absolute atomic E-state index is 13.2. The first-order valence-corrected chi connectivity index (χ1v) is 13.5. The molecule has 2 rings (SSSR count). The number of nitrogens with zero attached hydrogens (tertiary/aromatic N) is 2. The van der Waals surface area contributed by atoms with Crippen molar-refractivity contribution in [1.82, 2.24) is 10.2 Å². The summed E-state index contributed by atoms with van der Waals surface area (Å²) in [5.74, 6) is -0.167. The number of amides is 2. The van der Waals surface area contributed by atoms with Crippen LogP contribution in [-0.4, -0.2) is 57.6 Å². The molecule has 0 aliphatic carbocycles. The van der Waals surface area contributed by atoms with Crippen LogP contribution < -0.4 is 14.4 Å². The van der Waals surface area contributed by atoms with Gasteiger partial charge in [0.15, 0.2) is 0 Å². The number of likely N-dealkylation sites (N-methyl/N-ethyl adjacent to an activating group) is 1. The molecule has 2 aromatic rings. The van der Waals surface area contributed by atoms with Gasteiger partial charge in [0, 0.05) is 26.1 Å². The molecule has 1 N–H and O–H groups in total. The van der Waals surface area contributed by atoms with E-state index in [1.54, 1.807) is 38.1 Å². The van der Waals surface area contributed by atoms with Crippen molar-refractivity contribution < 1.29 is 35.9 Å². The molecule has 204 valence electrons. The molecule has 37 heavy (non-hydrogen) atoms. The summed E-state index contributed by atoms with van der Waals surface area (Å²) < 4.78 is 70.2. The molecule has 2 aromatic carbocycles. The number of hydrogen-bond donors (Lipinski definition) is 1. The van der Waals surface area contributed by atoms with Crippen LogP contribution in [0.3, 0.4) is 0 Å². The van der Waals surface area contributed by atoms with E-state index in [9.17, 15) is 31.2 Å². The van der Waals surface area contributed by atoms with Crippen LogP contribution in [0, 0.1) is 0 Å². The van der Waals surface area contributed by atoms with E-state index in [2.05, 4.69) is 5.32 Å². The van der Waals surface area contributed by atoms with Crippen molar-refractivity contribution in [3.05, 3.63) is 59.7 Å². The van der Waals surface area contributed by atoms with Crippen LogP contribution in [0.4, 0.5) is 18.9 Å². The second kappa shape index (κ2) is 12.8. The van der Waals surface area contributed by atoms with E-state index in [1.165, 1.54) is 18.1 Å². The number of alkyl halides is 3. The number of nitrogens with one attached hydrogen (secondary N) is 1. The number of carbonyl (C=O) groups is 2. The molecule has 0 saturated heterocycles. The Bertz CT molecular complexity index is 1190. The lowest BCUT2D eigenvalue weighted by Gasteiger charge is -2.29. The van der Waals surface area contributed by atoms with Gasteiger partial charge in [0.1, 0.15) is 11.8 Å². The molecule has 1 atom stereocenters. The molecule has 0 bridgehead atoms. The van der Waals surface area contributed by atoms with Gasteiger partial charge in [-0.1, -0.05) is 18.2 Å². The number of anilines is 1. The van der Waals surface area contributed by atoms with E-state index in [0.29, 0.717) is 12.3 Å². The summed E-state index contributed by atoms with van der Waals surface area (Å²) >= 11 is 0. The van der Waals surface area contributed by atoms with Crippen LogP contribution >= 0.6 is 0 Å². The van der Waals surface area contributed by atoms with Gasteiger partial charge in [-0.05, 0) is 56.2 Å². The fourth-order valence-electron chi connectivity index (χ4n) is 3.71. The molecule has 0 radical (unpaired) electrons. The minimum absolute atomic E-state index is 0.0267. The Hall–Kier alpha value is -3.28. The smallest absolute Gasteiger partial charge is 0.416 e. The number of benzene rings is 2. The van der Waals surface area contributed by atoms with Gasteiger partial charge in [-0.2, -0.15) is 13.2 Å². The zero-order chi connectivity index (χ0) is 27.8. The van der Waals surface area contributed by atoms with E-state index in [0.717, 1.165) is 34.3 Å². The predicted octanol–water partition coefficient (Wildman–Crippen LogP) is 3.81. The van der Waals surface area contributed by atoms with Crippen molar-refractivity contribution in [3.8, 4) is 5.75 Å². The lowest BCUT2D eigenvalue weighted by molar-refractivity contribution is -0.140. The van der Waals surface area contributed by atoms with Crippen molar-refractivity contribution in [3.63, 3.8) is 0 Å². The summed E-state index contributed by atoms with van der Waals surface area (Å²) in [6.07, 6.45) is -3.84. The number of ether oxygens (including phenoxy) is 1. The van der Waals surface area contributed by atoms with Crippen LogP contribution in [0.5, 0.6) is 5.75 Å². The highest BCUT2D eigenvalue weighted by atomic mass is 32.2. The summed E-state index contributed by atoms with van der Waals surface area (Å²) in [4.78, 5) is 27.1. The second-order valence-corrected chi connectivity index (χ2v) is 10.3. The second-order valence-electron chi connectivity index (χ2n) is 8.43. The summed E-state index contributed by atoms with van der Waals surface area (Å²) in [7, 11) is -2.42. The number of carbonyl (C=O) groups excluding carboxylic acids is 2. The summed E-state index contributed by atoms with van der Waals surface area (Å²) in [5, 5.41) is 2.69. The van der Waals surface area contributed by atoms with Crippen molar-refractivity contribution in [2.75, 3.05) is 30.8 Å². The molecule has 12 heteroatoms. The molecule has 0 fully saturated rings. The number of sulfonamides is 1. The third kappa shape index (κ3) is 8.66. The topological polar surface area (TPSA) is 96.0 Å². The fourth-order valence-corrected chi connectivity index (χ4v) is 4.67. The van der Waals surface area contributed by atoms with E-state index in [-0.39, 0.29) is 37.5 Å². The van der Waals surface area contributed by atoms with Gasteiger partial charge in [0.25, 0.3) is 0 Å². The van der Waals surface area contributed by atoms with Crippen LogP contribution in [0.25, 0.3) is 0 Å². The quantitative estimate of drug-likeness (QED) is 0.439. The Morgan fingerprint density at radius 1 is 1.11 bits per heavy atom. The van der Waals surface area contributed by atoms with E-state index in [1.807, 2.05) is 0 Å². The van der Waals surface area contributed by atoms with Crippen molar-refractivity contribution in [2.24, 2.45) is 0 Å². The third-order valence-electron chi connectivity index (χ3n) is 5.62. The monoisotopic (exact) mass is 543 g/mol. The lowest BCUT2D eigenvalue weighted by atomic mass is 10.1. The zero-order valence-corrected chi connectivity index (χ0v) is 22.0. The number of halogens is 3. The molecule has 0 heterocycles. The van der Waals surface area contributed by atoms with Crippen molar-refractivity contribution in [2.45, 2.75) is 45.5 Å². The molecule has 8 nitrogen and oxygen atoms in total. The van der Waals surface area contributed by atoms with Gasteiger partial charge in [0.2, 0.25) is 21.8 Å². The SMILES string of the molecule is CCNC(=O)C(C)N(Cc1cccc(OC)c1)C(=O)CCCN(c1cccc(C(F)(F)F)c1)S(C)(=O)=O. The van der Waals surface area contributed by atoms with Gasteiger partial charge < -0.3 is 15.0 Å². The molecule has 0 aromatic heterocycles. The standard InChI is InChI=1S/C25H32F3N3O5S/c1-5-29-24(33)18(2)30(17-19-9-6-12-22(15-19)36-3)23(32)13-8-14-31(37(4,34)35)21-11-7-10-20(16-21)25(26,27)28/h6-7,9-12,15-16,18H,5,8,13-14,17H2,1-4H3,(H,29,33). The molecule has 0 spiro atoms. The molecule has 1 unspecified atom stereocenters. The highest BCUT2D eigenvalue weighted by molar-refractivity contribution is 7.92. The fraction of sp³-hybridized carbons (Fsp3) is 0.440. The minimum atomic E-state index is -4.63. The largest absolute Gasteiger partial charge is 0.497 e. The van der Waals surface area contributed by atoms with Crippen LogP contribution in [-0.2, 0) is 32.3 Å². The van der Waals surface area contributed by atoms with Gasteiger partial charge in [-0.15, -0.1) is 0 Å². The molecule has 0 aliphatic heterocycles. The molecule has 0 saturated carbocycles. The summed E-state index contributed by atoms with van der Waals surface area (Å²) in [6, 6.07) is 10.2. The van der Waals surface area contributed by atoms with E-state index >= 15 is 0 Å². The predicted molar refractivity (Wildman–Crippen MR) is 135 cm³/mol. The minimum Gasteiger partial charge on any atom is -0.497 e. The van der Waals surface area contributed by atoms with Crippen molar-refractivity contribution in [1.29, 1.82) is 0 Å². The number of hydrogen-bond acceptors (Lipinski definition) is 5. The third-order valence-corrected chi connectivity index (χ3v) is 6.81. The Kier molecular flexibility index (Phi) is 10.4. The number of methoxy groups -OCH3 is 1. The first-order valence-electron chi connectivity index (χ1n) is 11.6. The van der Waals surface area contributed by atoms with Gasteiger partial charge in [-0.3, -0.25) is 13.9 Å². The summed E-state index contributed by atoms with van der Waals surface area (Å²) in [6.45, 7) is 3.62. The Morgan fingerprint density at radius 2 is 1.78 bits per heavy atom. The average Bonchev–Trinajstić information content (AvgIpc) is 2.83. The van der Waals surface area contributed by atoms with Crippen LogP contribution in [0.15, 0.2) is 48.5 Å². The first-order chi connectivity index (χ1) is 17.3. The van der Waals surface area contributed by atoms with Gasteiger partial charge in [-0.25, -0.2) is 8.42 Å². The van der Waals surface area contributed by atoms with Gasteiger partial charge in [0.05, 0.1) is 24.6 Å².